The fourth-order valence-corrected chi connectivity index (χ4v) is 3.28. The summed E-state index contributed by atoms with van der Waals surface area (Å²) in [5, 5.41) is 17.0. The van der Waals surface area contributed by atoms with Crippen molar-refractivity contribution in [3.05, 3.63) is 23.8 Å². The van der Waals surface area contributed by atoms with Crippen LogP contribution >= 0.6 is 0 Å². The SMILES string of the molecule is CC(C)(C)NC(=O)NCCn1nnc2cc(C(=O)NC3CCCC3)ccc21. The summed E-state index contributed by atoms with van der Waals surface area (Å²) in [4.78, 5) is 24.2. The lowest BCUT2D eigenvalue weighted by atomic mass is 10.1. The molecule has 1 saturated carbocycles. The third-order valence-electron chi connectivity index (χ3n) is 4.56. The Morgan fingerprint density at radius 2 is 1.96 bits per heavy atom. The van der Waals surface area contributed by atoms with E-state index < -0.39 is 0 Å². The first kappa shape index (κ1) is 19.1. The molecule has 3 amide bonds. The topological polar surface area (TPSA) is 101 Å². The monoisotopic (exact) mass is 372 g/mol. The Balaban J connectivity index is 1.58. The molecule has 146 valence electrons. The van der Waals surface area contributed by atoms with Crippen LogP contribution < -0.4 is 16.0 Å². The molecule has 1 aliphatic rings. The second-order valence-corrected chi connectivity index (χ2v) is 8.10. The van der Waals surface area contributed by atoms with Gasteiger partial charge in [0.25, 0.3) is 5.91 Å². The largest absolute Gasteiger partial charge is 0.349 e. The normalized spacial score (nSPS) is 15.1. The van der Waals surface area contributed by atoms with Gasteiger partial charge in [-0.3, -0.25) is 4.79 Å². The minimum Gasteiger partial charge on any atom is -0.349 e. The zero-order valence-corrected chi connectivity index (χ0v) is 16.2. The van der Waals surface area contributed by atoms with Crippen LogP contribution in [0.2, 0.25) is 0 Å². The number of nitrogens with zero attached hydrogens (tertiary/aromatic N) is 3. The summed E-state index contributed by atoms with van der Waals surface area (Å²) in [6.45, 7) is 6.72. The van der Waals surface area contributed by atoms with E-state index in [4.69, 9.17) is 0 Å². The molecule has 1 aliphatic carbocycles. The van der Waals surface area contributed by atoms with E-state index >= 15 is 0 Å². The maximum atomic E-state index is 12.4. The Hall–Kier alpha value is -2.64. The van der Waals surface area contributed by atoms with Crippen LogP contribution in [0.3, 0.4) is 0 Å². The molecule has 1 heterocycles. The van der Waals surface area contributed by atoms with E-state index in [0.717, 1.165) is 18.4 Å². The fraction of sp³-hybridized carbons (Fsp3) is 0.579. The number of hydrogen-bond acceptors (Lipinski definition) is 4. The predicted molar refractivity (Wildman–Crippen MR) is 104 cm³/mol. The molecular formula is C19H28N6O2. The van der Waals surface area contributed by atoms with Crippen molar-refractivity contribution in [2.45, 2.75) is 64.6 Å². The average Bonchev–Trinajstić information content (AvgIpc) is 3.22. The zero-order valence-electron chi connectivity index (χ0n) is 16.2. The van der Waals surface area contributed by atoms with Crippen molar-refractivity contribution < 1.29 is 9.59 Å². The predicted octanol–water partition coefficient (Wildman–Crippen LogP) is 2.20. The molecule has 8 heteroatoms. The van der Waals surface area contributed by atoms with Gasteiger partial charge in [-0.25, -0.2) is 9.48 Å². The third kappa shape index (κ3) is 5.18. The molecule has 0 atom stereocenters. The summed E-state index contributed by atoms with van der Waals surface area (Å²) in [6.07, 6.45) is 4.47. The van der Waals surface area contributed by atoms with Gasteiger partial charge in [-0.1, -0.05) is 18.1 Å². The number of rotatable bonds is 5. The fourth-order valence-electron chi connectivity index (χ4n) is 3.28. The molecule has 8 nitrogen and oxygen atoms in total. The summed E-state index contributed by atoms with van der Waals surface area (Å²) in [6, 6.07) is 5.50. The van der Waals surface area contributed by atoms with E-state index in [2.05, 4.69) is 26.3 Å². The summed E-state index contributed by atoms with van der Waals surface area (Å²) >= 11 is 0. The van der Waals surface area contributed by atoms with Crippen molar-refractivity contribution in [1.82, 2.24) is 30.9 Å². The first-order valence-electron chi connectivity index (χ1n) is 9.52. The average molecular weight is 372 g/mol. The van der Waals surface area contributed by atoms with E-state index in [1.54, 1.807) is 16.8 Å². The summed E-state index contributed by atoms with van der Waals surface area (Å²) in [5.74, 6) is -0.0566. The van der Waals surface area contributed by atoms with Gasteiger partial charge in [0, 0.05) is 23.7 Å². The van der Waals surface area contributed by atoms with Crippen LogP contribution in [0.5, 0.6) is 0 Å². The van der Waals surface area contributed by atoms with Gasteiger partial charge >= 0.3 is 6.03 Å². The standard InChI is InChI=1S/C19H28N6O2/c1-19(2,3)22-18(27)20-10-11-25-16-9-8-13(12-15(16)23-24-25)17(26)21-14-6-4-5-7-14/h8-9,12,14H,4-7,10-11H2,1-3H3,(H,21,26)(H2,20,22,27). The molecule has 1 aromatic heterocycles. The van der Waals surface area contributed by atoms with E-state index in [0.29, 0.717) is 24.2 Å². The van der Waals surface area contributed by atoms with Crippen molar-refractivity contribution in [2.24, 2.45) is 0 Å². The molecule has 3 rings (SSSR count). The highest BCUT2D eigenvalue weighted by Crippen LogP contribution is 2.19. The number of nitrogens with one attached hydrogen (secondary N) is 3. The molecule has 0 spiro atoms. The van der Waals surface area contributed by atoms with Gasteiger partial charge in [0.2, 0.25) is 0 Å². The van der Waals surface area contributed by atoms with Gasteiger partial charge in [-0.05, 0) is 51.8 Å². The van der Waals surface area contributed by atoms with Gasteiger partial charge in [0.05, 0.1) is 12.1 Å². The minimum absolute atomic E-state index is 0.0566. The van der Waals surface area contributed by atoms with Gasteiger partial charge in [-0.2, -0.15) is 0 Å². The van der Waals surface area contributed by atoms with Crippen LogP contribution in [-0.2, 0) is 6.54 Å². The molecule has 3 N–H and O–H groups in total. The van der Waals surface area contributed by atoms with Crippen LogP contribution in [0.1, 0.15) is 56.8 Å². The molecule has 0 saturated heterocycles. The summed E-state index contributed by atoms with van der Waals surface area (Å²) in [5.41, 5.74) is 1.84. The summed E-state index contributed by atoms with van der Waals surface area (Å²) < 4.78 is 1.73. The Morgan fingerprint density at radius 1 is 1.22 bits per heavy atom. The van der Waals surface area contributed by atoms with E-state index in [1.807, 2.05) is 26.8 Å². The summed E-state index contributed by atoms with van der Waals surface area (Å²) in [7, 11) is 0. The highest BCUT2D eigenvalue weighted by Gasteiger charge is 2.19. The van der Waals surface area contributed by atoms with Crippen molar-refractivity contribution in [3.63, 3.8) is 0 Å². The zero-order chi connectivity index (χ0) is 19.4. The number of benzene rings is 1. The van der Waals surface area contributed by atoms with E-state index in [-0.39, 0.29) is 23.5 Å². The highest BCUT2D eigenvalue weighted by atomic mass is 16.2. The Bertz CT molecular complexity index is 817. The van der Waals surface area contributed by atoms with Gasteiger partial charge in [0.15, 0.2) is 0 Å². The molecule has 2 aromatic rings. The Morgan fingerprint density at radius 3 is 2.67 bits per heavy atom. The van der Waals surface area contributed by atoms with Crippen molar-refractivity contribution in [3.8, 4) is 0 Å². The van der Waals surface area contributed by atoms with Crippen molar-refractivity contribution in [2.75, 3.05) is 6.54 Å². The van der Waals surface area contributed by atoms with Crippen molar-refractivity contribution >= 4 is 23.0 Å². The lowest BCUT2D eigenvalue weighted by Crippen LogP contribution is -2.47. The Kier molecular flexibility index (Phi) is 5.62. The number of hydrogen-bond donors (Lipinski definition) is 3. The number of carbonyl (C=O) groups excluding carboxylic acids is 2. The second kappa shape index (κ2) is 7.94. The molecular weight excluding hydrogens is 344 g/mol. The van der Waals surface area contributed by atoms with Crippen LogP contribution in [0, 0.1) is 0 Å². The molecule has 0 radical (unpaired) electrons. The number of aromatic nitrogens is 3. The maximum absolute atomic E-state index is 12.4. The van der Waals surface area contributed by atoms with Crippen molar-refractivity contribution in [1.29, 1.82) is 0 Å². The number of fused-ring (bicyclic) bond motifs is 1. The number of carbonyl (C=O) groups is 2. The van der Waals surface area contributed by atoms with Gasteiger partial charge in [0.1, 0.15) is 5.52 Å². The smallest absolute Gasteiger partial charge is 0.315 e. The molecule has 1 aromatic carbocycles. The van der Waals surface area contributed by atoms with E-state index in [9.17, 15) is 9.59 Å². The lowest BCUT2D eigenvalue weighted by molar-refractivity contribution is 0.0938. The quantitative estimate of drug-likeness (QED) is 0.749. The van der Waals surface area contributed by atoms with Gasteiger partial charge < -0.3 is 16.0 Å². The molecule has 0 unspecified atom stereocenters. The molecule has 0 aliphatic heterocycles. The first-order valence-corrected chi connectivity index (χ1v) is 9.52. The molecule has 0 bridgehead atoms. The molecule has 1 fully saturated rings. The first-order chi connectivity index (χ1) is 12.8. The van der Waals surface area contributed by atoms with Crippen LogP contribution in [0.25, 0.3) is 11.0 Å². The third-order valence-corrected chi connectivity index (χ3v) is 4.56. The Labute approximate surface area is 159 Å². The lowest BCUT2D eigenvalue weighted by Gasteiger charge is -2.20. The second-order valence-electron chi connectivity index (χ2n) is 8.10. The van der Waals surface area contributed by atoms with Crippen LogP contribution in [0.4, 0.5) is 4.79 Å². The van der Waals surface area contributed by atoms with Crippen LogP contribution in [-0.4, -0.2) is 45.1 Å². The minimum atomic E-state index is -0.278. The van der Waals surface area contributed by atoms with Gasteiger partial charge in [-0.15, -0.1) is 5.10 Å². The highest BCUT2D eigenvalue weighted by molar-refractivity contribution is 5.97. The maximum Gasteiger partial charge on any atom is 0.315 e. The number of urea groups is 1. The van der Waals surface area contributed by atoms with E-state index in [1.165, 1.54) is 12.8 Å². The molecule has 27 heavy (non-hydrogen) atoms. The number of amides is 3. The van der Waals surface area contributed by atoms with Crippen LogP contribution in [0.15, 0.2) is 18.2 Å².